The van der Waals surface area contributed by atoms with Crippen LogP contribution in [-0.4, -0.2) is 130 Å². The summed E-state index contributed by atoms with van der Waals surface area (Å²) < 4.78 is 24.1. The molecule has 0 radical (unpaired) electrons. The average Bonchev–Trinajstić information content (AvgIpc) is 3.81. The normalized spacial score (nSPS) is 29.4. The number of hydrogen-bond donors (Lipinski definition) is 9. The number of fused-ring (bicyclic) bond motifs is 2. The van der Waals surface area contributed by atoms with Crippen LogP contribution in [0.1, 0.15) is 29.5 Å². The number of ether oxygens (including phenoxy) is 4. The number of aliphatic hydroxyl groups excluding tert-OH is 3. The highest BCUT2D eigenvalue weighted by Gasteiger charge is 2.63. The Morgan fingerprint density at radius 1 is 1.10 bits per heavy atom. The van der Waals surface area contributed by atoms with Gasteiger partial charge in [-0.2, -0.15) is 0 Å². The molecule has 10 N–H and O–H groups in total. The van der Waals surface area contributed by atoms with Gasteiger partial charge >= 0.3 is 5.97 Å². The molecule has 0 aromatic heterocycles. The van der Waals surface area contributed by atoms with Crippen LogP contribution in [0.3, 0.4) is 0 Å². The molecule has 4 heterocycles. The van der Waals surface area contributed by atoms with Gasteiger partial charge in [0.15, 0.2) is 11.7 Å². The van der Waals surface area contributed by atoms with Crippen molar-refractivity contribution in [2.75, 3.05) is 38.4 Å². The first-order valence-corrected chi connectivity index (χ1v) is 23.0. The van der Waals surface area contributed by atoms with Crippen LogP contribution in [0.5, 0.6) is 17.2 Å². The Hall–Kier alpha value is -4.89. The summed E-state index contributed by atoms with van der Waals surface area (Å²) in [5.41, 5.74) is 5.75. The largest absolute Gasteiger partial charge is 0.508 e. The van der Waals surface area contributed by atoms with E-state index >= 15 is 0 Å². The number of carbonyl (C=O) groups is 2. The maximum atomic E-state index is 12.8. The van der Waals surface area contributed by atoms with Crippen LogP contribution in [0.2, 0.25) is 0 Å². The van der Waals surface area contributed by atoms with E-state index in [1.165, 1.54) is 64.1 Å². The number of benzene rings is 3. The van der Waals surface area contributed by atoms with E-state index in [0.29, 0.717) is 30.8 Å². The first-order chi connectivity index (χ1) is 30.4. The molecule has 4 aliphatic rings. The molecule has 336 valence electrons. The first-order valence-electron chi connectivity index (χ1n) is 20.5. The molecule has 63 heavy (non-hydrogen) atoms. The predicted octanol–water partition coefficient (Wildman–Crippen LogP) is 3.56. The standard InChI is InChI=1S/C45H52N4O12S2/c1-47-18-16-26(9-5-8-25-6-3-2-4-7-25)32-22-49-43(56)45(57)40(58-24-63-62-23-33(32)28-17-19-48-21-28)37(52)39(42(54)55)61-44(45)59-30-14-15-31-34(20-30)60-38(41(46)53)35(36(31)51)27-10-12-29(50)13-11-27/h2-8,10-15,17,20-21,26,32-33,37-40,43-44,47,49-52,56-57H,9,16,18-19,22-24H2,1H3,(H2,46,53)(H,54,55)/b8-5+/t26-,32-,33+,37+,38?,39-,40-,43+,44+,45-/m0/s1. The van der Waals surface area contributed by atoms with E-state index in [4.69, 9.17) is 24.7 Å². The number of nitrogens with one attached hydrogen (secondary N) is 2. The summed E-state index contributed by atoms with van der Waals surface area (Å²) in [5, 5.41) is 74.3. The Bertz CT molecular complexity index is 2210. The van der Waals surface area contributed by atoms with Gasteiger partial charge in [-0.05, 0) is 85.2 Å². The molecular weight excluding hydrogens is 853 g/mol. The number of phenolic OH excluding ortho intramolecular Hbond substituents is 1. The molecule has 18 heteroatoms. The molecule has 2 fully saturated rings. The van der Waals surface area contributed by atoms with Crippen LogP contribution in [-0.2, 0) is 19.1 Å². The molecule has 3 aromatic rings. The maximum absolute atomic E-state index is 12.8. The van der Waals surface area contributed by atoms with Crippen LogP contribution in [0.4, 0.5) is 0 Å². The SMILES string of the molecule is CNCC[C@H](C/C=C/c1ccccc1)[C@@H]1CN[C@H](O)[C@]2(O)[C@H](Oc3ccc4c(c3)OC(C(N)=O)C(c3ccc(O)cc3)=C4O)O[C@H](C(=O)O)[C@@H](O)[C@@H]2OCSSC[C@@H]1C1=CCN=C1. The Labute approximate surface area is 372 Å². The number of carboxylic acid groups (broad SMARTS) is 1. The number of amides is 1. The molecule has 3 aromatic carbocycles. The number of carbonyl (C=O) groups excluding carboxylic acids is 1. The number of aliphatic imine (C=N–C) groups is 1. The Balaban J connectivity index is 1.23. The van der Waals surface area contributed by atoms with Crippen molar-refractivity contribution in [3.05, 3.63) is 107 Å². The van der Waals surface area contributed by atoms with Gasteiger partial charge in [0.1, 0.15) is 47.4 Å². The van der Waals surface area contributed by atoms with Crippen molar-refractivity contribution in [1.29, 1.82) is 0 Å². The van der Waals surface area contributed by atoms with Gasteiger partial charge in [0.2, 0.25) is 12.4 Å². The summed E-state index contributed by atoms with van der Waals surface area (Å²) in [6, 6.07) is 19.8. The highest BCUT2D eigenvalue weighted by molar-refractivity contribution is 8.76. The Morgan fingerprint density at radius 3 is 2.57 bits per heavy atom. The van der Waals surface area contributed by atoms with Crippen molar-refractivity contribution in [3.8, 4) is 17.2 Å². The maximum Gasteiger partial charge on any atom is 0.335 e. The van der Waals surface area contributed by atoms with E-state index in [9.17, 15) is 40.2 Å². The van der Waals surface area contributed by atoms with Gasteiger partial charge in [0.25, 0.3) is 5.91 Å². The lowest BCUT2D eigenvalue weighted by molar-refractivity contribution is -0.342. The topological polar surface area (TPSA) is 255 Å². The second-order valence-electron chi connectivity index (χ2n) is 15.7. The molecule has 1 amide bonds. The molecule has 0 bridgehead atoms. The van der Waals surface area contributed by atoms with Crippen molar-refractivity contribution < 1.29 is 59.2 Å². The summed E-state index contributed by atoms with van der Waals surface area (Å²) >= 11 is 0. The van der Waals surface area contributed by atoms with Gasteiger partial charge in [0, 0.05) is 24.6 Å². The molecule has 0 aliphatic carbocycles. The van der Waals surface area contributed by atoms with E-state index in [1.54, 1.807) is 0 Å². The van der Waals surface area contributed by atoms with Crippen molar-refractivity contribution in [2.45, 2.75) is 55.4 Å². The summed E-state index contributed by atoms with van der Waals surface area (Å²) in [6.07, 6.45) is -1.39. The van der Waals surface area contributed by atoms with Gasteiger partial charge in [-0.15, -0.1) is 0 Å². The Kier molecular flexibility index (Phi) is 15.2. The minimum atomic E-state index is -2.65. The smallest absolute Gasteiger partial charge is 0.335 e. The zero-order valence-electron chi connectivity index (χ0n) is 34.4. The number of rotatable bonds is 13. The Morgan fingerprint density at radius 2 is 1.87 bits per heavy atom. The fraction of sp³-hybridized carbons (Fsp3) is 0.400. The molecular formula is C45H52N4O12S2. The predicted molar refractivity (Wildman–Crippen MR) is 240 cm³/mol. The minimum absolute atomic E-state index is 0.0360. The van der Waals surface area contributed by atoms with Crippen molar-refractivity contribution in [2.24, 2.45) is 28.5 Å². The minimum Gasteiger partial charge on any atom is -0.508 e. The van der Waals surface area contributed by atoms with Crippen molar-refractivity contribution >= 4 is 57.1 Å². The number of allylic oxidation sites excluding steroid dienone is 2. The van der Waals surface area contributed by atoms with Gasteiger partial charge < -0.3 is 60.6 Å². The number of nitrogens with two attached hydrogens (primary N) is 1. The highest BCUT2D eigenvalue weighted by Crippen LogP contribution is 2.44. The van der Waals surface area contributed by atoms with E-state index in [2.05, 4.69) is 33.9 Å². The van der Waals surface area contributed by atoms with Gasteiger partial charge in [-0.1, -0.05) is 82.3 Å². The highest BCUT2D eigenvalue weighted by atomic mass is 33.1. The van der Waals surface area contributed by atoms with Crippen molar-refractivity contribution in [1.82, 2.24) is 10.6 Å². The van der Waals surface area contributed by atoms with Crippen LogP contribution in [0, 0.1) is 17.8 Å². The van der Waals surface area contributed by atoms with Gasteiger partial charge in [-0.25, -0.2) is 4.79 Å². The third-order valence-corrected chi connectivity index (χ3v) is 13.9. The lowest BCUT2D eigenvalue weighted by atomic mass is 9.75. The molecule has 0 spiro atoms. The molecule has 0 saturated carbocycles. The fourth-order valence-corrected chi connectivity index (χ4v) is 10.5. The number of aliphatic hydroxyl groups is 4. The number of nitrogens with zero attached hydrogens (tertiary/aromatic N) is 1. The van der Waals surface area contributed by atoms with E-state index < -0.39 is 54.4 Å². The summed E-state index contributed by atoms with van der Waals surface area (Å²) in [6.45, 7) is 1.43. The molecule has 2 saturated heterocycles. The lowest BCUT2D eigenvalue weighted by Crippen LogP contribution is -2.75. The lowest BCUT2D eigenvalue weighted by Gasteiger charge is -2.50. The van der Waals surface area contributed by atoms with E-state index in [1.807, 2.05) is 43.6 Å². The van der Waals surface area contributed by atoms with E-state index in [-0.39, 0.29) is 64.4 Å². The van der Waals surface area contributed by atoms with Crippen LogP contribution >= 0.6 is 21.6 Å². The quantitative estimate of drug-likeness (QED) is 0.111. The van der Waals surface area contributed by atoms with Crippen LogP contribution in [0.25, 0.3) is 17.4 Å². The molecule has 10 atom stereocenters. The third-order valence-electron chi connectivity index (χ3n) is 11.8. The van der Waals surface area contributed by atoms with Gasteiger partial charge in [0.05, 0.1) is 17.7 Å². The fourth-order valence-electron chi connectivity index (χ4n) is 8.48. The zero-order valence-corrected chi connectivity index (χ0v) is 36.0. The van der Waals surface area contributed by atoms with E-state index in [0.717, 1.165) is 17.6 Å². The number of aromatic hydroxyl groups is 1. The average molecular weight is 905 g/mol. The molecule has 16 nitrogen and oxygen atoms in total. The summed E-state index contributed by atoms with van der Waals surface area (Å²) in [4.78, 5) is 29.7. The third kappa shape index (κ3) is 10.2. The summed E-state index contributed by atoms with van der Waals surface area (Å²) in [7, 11) is 4.74. The second kappa shape index (κ2) is 20.7. The molecule has 1 unspecified atom stereocenters. The summed E-state index contributed by atoms with van der Waals surface area (Å²) in [5.74, 6) is -2.61. The number of phenols is 1. The molecule has 4 aliphatic heterocycles. The first kappa shape index (κ1) is 46.1. The van der Waals surface area contributed by atoms with Crippen LogP contribution < -0.4 is 25.8 Å². The number of hydrogen-bond acceptors (Lipinski definition) is 16. The number of primary amides is 1. The van der Waals surface area contributed by atoms with Gasteiger partial charge in [-0.3, -0.25) is 15.1 Å². The number of aliphatic carboxylic acids is 1. The second-order valence-corrected chi connectivity index (χ2v) is 18.1. The molecule has 7 rings (SSSR count). The van der Waals surface area contributed by atoms with Crippen LogP contribution in [0.15, 0.2) is 95.5 Å². The van der Waals surface area contributed by atoms with Crippen molar-refractivity contribution in [3.63, 3.8) is 0 Å². The number of carboxylic acids is 1. The zero-order chi connectivity index (χ0) is 44.7. The monoisotopic (exact) mass is 904 g/mol.